The minimum absolute atomic E-state index is 0.0601. The van der Waals surface area contributed by atoms with Crippen LogP contribution in [0, 0.1) is 18.6 Å². The number of carbonyl (C=O) groups is 2. The molecule has 0 fully saturated rings. The number of hydrogen-bond acceptors (Lipinski definition) is 3. The lowest BCUT2D eigenvalue weighted by molar-refractivity contribution is -0.124. The van der Waals surface area contributed by atoms with Crippen molar-refractivity contribution in [1.29, 1.82) is 0 Å². The van der Waals surface area contributed by atoms with Crippen molar-refractivity contribution in [3.8, 4) is 0 Å². The number of aryl methyl sites for hydroxylation is 1. The third-order valence-corrected chi connectivity index (χ3v) is 3.11. The highest BCUT2D eigenvalue weighted by Crippen LogP contribution is 2.09. The SMILES string of the molecule is Cc1ccccc1C(=O)OCC(=O)NCc1cc(F)cc(F)c1. The fourth-order valence-corrected chi connectivity index (χ4v) is 1.98. The van der Waals surface area contributed by atoms with Crippen LogP contribution in [-0.4, -0.2) is 18.5 Å². The summed E-state index contributed by atoms with van der Waals surface area (Å²) in [5.41, 5.74) is 1.40. The van der Waals surface area contributed by atoms with Crippen LogP contribution in [0.15, 0.2) is 42.5 Å². The van der Waals surface area contributed by atoms with Gasteiger partial charge in [-0.15, -0.1) is 0 Å². The summed E-state index contributed by atoms with van der Waals surface area (Å²) in [6, 6.07) is 9.82. The summed E-state index contributed by atoms with van der Waals surface area (Å²) in [6.45, 7) is 1.23. The Hall–Kier alpha value is -2.76. The molecule has 2 rings (SSSR count). The van der Waals surface area contributed by atoms with E-state index in [-0.39, 0.29) is 12.1 Å². The van der Waals surface area contributed by atoms with Crippen molar-refractivity contribution in [2.24, 2.45) is 0 Å². The van der Waals surface area contributed by atoms with Crippen LogP contribution in [0.4, 0.5) is 8.78 Å². The standard InChI is InChI=1S/C17H15F2NO3/c1-11-4-2-3-5-15(11)17(22)23-10-16(21)20-9-12-6-13(18)8-14(19)7-12/h2-8H,9-10H2,1H3,(H,20,21). The van der Waals surface area contributed by atoms with Gasteiger partial charge in [-0.2, -0.15) is 0 Å². The zero-order valence-electron chi connectivity index (χ0n) is 12.4. The molecule has 0 radical (unpaired) electrons. The quantitative estimate of drug-likeness (QED) is 0.862. The number of nitrogens with one attached hydrogen (secondary N) is 1. The highest BCUT2D eigenvalue weighted by molar-refractivity contribution is 5.92. The normalized spacial score (nSPS) is 10.2. The number of amides is 1. The number of hydrogen-bond donors (Lipinski definition) is 1. The molecule has 0 unspecified atom stereocenters. The van der Waals surface area contributed by atoms with Crippen molar-refractivity contribution in [3.63, 3.8) is 0 Å². The smallest absolute Gasteiger partial charge is 0.338 e. The summed E-state index contributed by atoms with van der Waals surface area (Å²) in [5, 5.41) is 2.43. The lowest BCUT2D eigenvalue weighted by atomic mass is 10.1. The van der Waals surface area contributed by atoms with Gasteiger partial charge in [0.1, 0.15) is 11.6 Å². The molecule has 0 spiro atoms. The van der Waals surface area contributed by atoms with Crippen LogP contribution in [-0.2, 0) is 16.1 Å². The Morgan fingerprint density at radius 1 is 1.09 bits per heavy atom. The van der Waals surface area contributed by atoms with Crippen molar-refractivity contribution in [2.75, 3.05) is 6.61 Å². The van der Waals surface area contributed by atoms with Crippen LogP contribution in [0.1, 0.15) is 21.5 Å². The van der Waals surface area contributed by atoms with E-state index in [1.807, 2.05) is 0 Å². The molecule has 1 amide bonds. The van der Waals surface area contributed by atoms with Gasteiger partial charge in [0.15, 0.2) is 6.61 Å². The van der Waals surface area contributed by atoms with Gasteiger partial charge in [0, 0.05) is 12.6 Å². The van der Waals surface area contributed by atoms with Crippen molar-refractivity contribution < 1.29 is 23.1 Å². The Morgan fingerprint density at radius 3 is 2.39 bits per heavy atom. The van der Waals surface area contributed by atoms with Gasteiger partial charge in [0.25, 0.3) is 5.91 Å². The Bertz CT molecular complexity index is 711. The van der Waals surface area contributed by atoms with E-state index >= 15 is 0 Å². The molecule has 6 heteroatoms. The minimum atomic E-state index is -0.722. The van der Waals surface area contributed by atoms with E-state index in [0.717, 1.165) is 23.8 Å². The first-order valence-electron chi connectivity index (χ1n) is 6.90. The lowest BCUT2D eigenvalue weighted by Gasteiger charge is -2.08. The van der Waals surface area contributed by atoms with Gasteiger partial charge >= 0.3 is 5.97 Å². The van der Waals surface area contributed by atoms with Gasteiger partial charge in [-0.05, 0) is 36.2 Å². The highest BCUT2D eigenvalue weighted by atomic mass is 19.1. The Balaban J connectivity index is 1.83. The summed E-state index contributed by atoms with van der Waals surface area (Å²) >= 11 is 0. The van der Waals surface area contributed by atoms with Gasteiger partial charge in [-0.1, -0.05) is 18.2 Å². The largest absolute Gasteiger partial charge is 0.452 e. The van der Waals surface area contributed by atoms with E-state index in [2.05, 4.69) is 5.32 Å². The second-order valence-electron chi connectivity index (χ2n) is 4.95. The third-order valence-electron chi connectivity index (χ3n) is 3.11. The molecule has 0 saturated heterocycles. The predicted octanol–water partition coefficient (Wildman–Crippen LogP) is 2.75. The Labute approximate surface area is 132 Å². The molecule has 0 atom stereocenters. The zero-order valence-corrected chi connectivity index (χ0v) is 12.4. The van der Waals surface area contributed by atoms with E-state index in [4.69, 9.17) is 4.74 Å². The summed E-state index contributed by atoms with van der Waals surface area (Å²) in [5.74, 6) is -2.60. The van der Waals surface area contributed by atoms with Crippen LogP contribution in [0.3, 0.4) is 0 Å². The second-order valence-corrected chi connectivity index (χ2v) is 4.95. The van der Waals surface area contributed by atoms with Crippen molar-refractivity contribution in [2.45, 2.75) is 13.5 Å². The van der Waals surface area contributed by atoms with Crippen LogP contribution < -0.4 is 5.32 Å². The van der Waals surface area contributed by atoms with Crippen molar-refractivity contribution in [1.82, 2.24) is 5.32 Å². The molecule has 2 aromatic carbocycles. The fraction of sp³-hybridized carbons (Fsp3) is 0.176. The second kappa shape index (κ2) is 7.49. The molecule has 0 aliphatic rings. The number of carbonyl (C=O) groups excluding carboxylic acids is 2. The van der Waals surface area contributed by atoms with Crippen molar-refractivity contribution in [3.05, 3.63) is 70.8 Å². The summed E-state index contributed by atoms with van der Waals surface area (Å²) in [6.07, 6.45) is 0. The van der Waals surface area contributed by atoms with Crippen LogP contribution in [0.5, 0.6) is 0 Å². The van der Waals surface area contributed by atoms with E-state index in [0.29, 0.717) is 5.56 Å². The van der Waals surface area contributed by atoms with E-state index in [9.17, 15) is 18.4 Å². The maximum Gasteiger partial charge on any atom is 0.338 e. The van der Waals surface area contributed by atoms with Crippen molar-refractivity contribution >= 4 is 11.9 Å². The Morgan fingerprint density at radius 2 is 1.74 bits per heavy atom. The summed E-state index contributed by atoms with van der Waals surface area (Å²) in [4.78, 5) is 23.5. The lowest BCUT2D eigenvalue weighted by Crippen LogP contribution is -2.28. The number of rotatable bonds is 5. The third kappa shape index (κ3) is 4.88. The number of benzene rings is 2. The van der Waals surface area contributed by atoms with Gasteiger partial charge < -0.3 is 10.1 Å². The number of esters is 1. The van der Waals surface area contributed by atoms with Crippen LogP contribution in [0.25, 0.3) is 0 Å². The highest BCUT2D eigenvalue weighted by Gasteiger charge is 2.12. The molecule has 1 N–H and O–H groups in total. The van der Waals surface area contributed by atoms with Gasteiger partial charge in [0.2, 0.25) is 0 Å². The average molecular weight is 319 g/mol. The van der Waals surface area contributed by atoms with Gasteiger partial charge in [-0.3, -0.25) is 4.79 Å². The number of ether oxygens (including phenoxy) is 1. The molecule has 0 aliphatic heterocycles. The van der Waals surface area contributed by atoms with Crippen LogP contribution in [0.2, 0.25) is 0 Å². The molecule has 4 nitrogen and oxygen atoms in total. The first kappa shape index (κ1) is 16.6. The van der Waals surface area contributed by atoms with Gasteiger partial charge in [0.05, 0.1) is 5.56 Å². The molecule has 23 heavy (non-hydrogen) atoms. The maximum atomic E-state index is 13.0. The predicted molar refractivity (Wildman–Crippen MR) is 79.7 cm³/mol. The molecule has 0 aromatic heterocycles. The number of halogens is 2. The van der Waals surface area contributed by atoms with E-state index in [1.165, 1.54) is 0 Å². The molecule has 0 heterocycles. The van der Waals surface area contributed by atoms with E-state index < -0.39 is 30.1 Å². The first-order chi connectivity index (χ1) is 11.0. The molecular formula is C17H15F2NO3. The molecule has 0 aliphatic carbocycles. The average Bonchev–Trinajstić information content (AvgIpc) is 2.50. The molecular weight excluding hydrogens is 304 g/mol. The summed E-state index contributed by atoms with van der Waals surface area (Å²) < 4.78 is 30.9. The molecule has 0 bridgehead atoms. The fourth-order valence-electron chi connectivity index (χ4n) is 1.98. The monoisotopic (exact) mass is 319 g/mol. The van der Waals surface area contributed by atoms with Gasteiger partial charge in [-0.25, -0.2) is 13.6 Å². The topological polar surface area (TPSA) is 55.4 Å². The van der Waals surface area contributed by atoms with Crippen LogP contribution >= 0.6 is 0 Å². The molecule has 0 saturated carbocycles. The Kier molecular flexibility index (Phi) is 5.41. The first-order valence-corrected chi connectivity index (χ1v) is 6.90. The minimum Gasteiger partial charge on any atom is -0.452 e. The molecule has 2 aromatic rings. The summed E-state index contributed by atoms with van der Waals surface area (Å²) in [7, 11) is 0. The molecule has 120 valence electrons. The maximum absolute atomic E-state index is 13.0. The zero-order chi connectivity index (χ0) is 16.8. The van der Waals surface area contributed by atoms with E-state index in [1.54, 1.807) is 31.2 Å².